The van der Waals surface area contributed by atoms with Gasteiger partial charge in [-0.1, -0.05) is 30.3 Å². The van der Waals surface area contributed by atoms with Crippen molar-refractivity contribution < 1.29 is 23.9 Å². The van der Waals surface area contributed by atoms with Gasteiger partial charge in [0.25, 0.3) is 0 Å². The van der Waals surface area contributed by atoms with Gasteiger partial charge in [0.05, 0.1) is 24.5 Å². The van der Waals surface area contributed by atoms with Gasteiger partial charge in [-0.2, -0.15) is 5.10 Å². The Kier molecular flexibility index (Phi) is 10.4. The molecule has 1 atom stereocenters. The summed E-state index contributed by atoms with van der Waals surface area (Å²) in [5.41, 5.74) is 0.922. The number of nitrogens with one attached hydrogen (secondary N) is 4. The number of alkyl carbamates (subject to hydrolysis) is 2. The molecule has 1 fully saturated rings. The molecule has 10 nitrogen and oxygen atoms in total. The van der Waals surface area contributed by atoms with Gasteiger partial charge in [0.1, 0.15) is 11.1 Å². The maximum atomic E-state index is 13.4. The van der Waals surface area contributed by atoms with E-state index in [9.17, 15) is 14.4 Å². The largest absolute Gasteiger partial charge is 0.449 e. The molecule has 3 rings (SSSR count). The zero-order valence-corrected chi connectivity index (χ0v) is 23.8. The molecule has 1 aromatic carbocycles. The van der Waals surface area contributed by atoms with Gasteiger partial charge >= 0.3 is 12.2 Å². The minimum Gasteiger partial charge on any atom is -0.449 e. The monoisotopic (exact) mass is 541 g/mol. The number of ether oxygens (including phenoxy) is 2. The van der Waals surface area contributed by atoms with E-state index < -0.39 is 23.3 Å². The normalized spacial score (nSPS) is 14.3. The number of hydrogen-bond acceptors (Lipinski definition) is 6. The third kappa shape index (κ3) is 10.6. The van der Waals surface area contributed by atoms with Gasteiger partial charge in [-0.05, 0) is 83.8 Å². The molecule has 0 spiro atoms. The Labute approximate surface area is 231 Å². The number of rotatable bonds is 13. The average Bonchev–Trinajstić information content (AvgIpc) is 3.57. The summed E-state index contributed by atoms with van der Waals surface area (Å²) in [4.78, 5) is 37.7. The summed E-state index contributed by atoms with van der Waals surface area (Å²) in [7, 11) is 0. The van der Waals surface area contributed by atoms with Gasteiger partial charge in [-0.15, -0.1) is 0 Å². The van der Waals surface area contributed by atoms with E-state index in [4.69, 9.17) is 9.47 Å². The van der Waals surface area contributed by atoms with Crippen LogP contribution in [-0.4, -0.2) is 52.6 Å². The third-order valence-corrected chi connectivity index (χ3v) is 6.42. The van der Waals surface area contributed by atoms with E-state index in [1.807, 2.05) is 18.2 Å². The van der Waals surface area contributed by atoms with Crippen molar-refractivity contribution in [2.45, 2.75) is 90.3 Å². The Morgan fingerprint density at radius 2 is 1.77 bits per heavy atom. The van der Waals surface area contributed by atoms with Crippen molar-refractivity contribution in [1.82, 2.24) is 26.1 Å². The molecule has 39 heavy (non-hydrogen) atoms. The second-order valence-corrected chi connectivity index (χ2v) is 11.7. The lowest BCUT2D eigenvalue weighted by molar-refractivity contribution is -0.127. The van der Waals surface area contributed by atoms with Gasteiger partial charge in [0.2, 0.25) is 5.91 Å². The Balaban J connectivity index is 1.64. The molecule has 10 heteroatoms. The third-order valence-electron chi connectivity index (χ3n) is 6.42. The number of aromatic amines is 1. The molecule has 0 aliphatic heterocycles. The topological polar surface area (TPSA) is 134 Å². The summed E-state index contributed by atoms with van der Waals surface area (Å²) in [5, 5.41) is 15.8. The number of aromatic nitrogens is 2. The Bertz CT molecular complexity index is 1090. The molecule has 2 aromatic rings. The van der Waals surface area contributed by atoms with Gasteiger partial charge in [0, 0.05) is 13.0 Å². The van der Waals surface area contributed by atoms with Gasteiger partial charge < -0.3 is 25.4 Å². The molecule has 4 N–H and O–H groups in total. The summed E-state index contributed by atoms with van der Waals surface area (Å²) < 4.78 is 10.7. The van der Waals surface area contributed by atoms with Crippen molar-refractivity contribution in [1.29, 1.82) is 0 Å². The molecule has 0 radical (unpaired) electrons. The van der Waals surface area contributed by atoms with Crippen LogP contribution in [0.5, 0.6) is 0 Å². The molecule has 1 aliphatic carbocycles. The maximum absolute atomic E-state index is 13.4. The van der Waals surface area contributed by atoms with Crippen LogP contribution in [0.1, 0.15) is 83.2 Å². The highest BCUT2D eigenvalue weighted by Gasteiger charge is 2.34. The lowest BCUT2D eigenvalue weighted by atomic mass is 9.97. The first-order valence-corrected chi connectivity index (χ1v) is 13.7. The van der Waals surface area contributed by atoms with Crippen molar-refractivity contribution in [3.05, 3.63) is 53.3 Å². The number of nitrogens with zero attached hydrogens (tertiary/aromatic N) is 1. The predicted molar refractivity (Wildman–Crippen MR) is 148 cm³/mol. The summed E-state index contributed by atoms with van der Waals surface area (Å²) in [6.07, 6.45) is 5.67. The highest BCUT2D eigenvalue weighted by molar-refractivity contribution is 5.89. The van der Waals surface area contributed by atoms with E-state index >= 15 is 0 Å². The molecule has 1 unspecified atom stereocenters. The van der Waals surface area contributed by atoms with Crippen molar-refractivity contribution in [2.75, 3.05) is 13.2 Å². The van der Waals surface area contributed by atoms with E-state index in [2.05, 4.69) is 38.3 Å². The summed E-state index contributed by atoms with van der Waals surface area (Å²) >= 11 is 0. The van der Waals surface area contributed by atoms with Crippen LogP contribution < -0.4 is 16.0 Å². The number of amides is 3. The molecule has 1 aromatic heterocycles. The van der Waals surface area contributed by atoms with Crippen molar-refractivity contribution in [3.63, 3.8) is 0 Å². The van der Waals surface area contributed by atoms with E-state index in [1.165, 1.54) is 5.56 Å². The summed E-state index contributed by atoms with van der Waals surface area (Å²) in [6.45, 7) is 9.41. The molecule has 0 bridgehead atoms. The number of hydrogen-bond donors (Lipinski definition) is 4. The minimum absolute atomic E-state index is 0.194. The van der Waals surface area contributed by atoms with Gasteiger partial charge in [0.15, 0.2) is 0 Å². The first-order valence-electron chi connectivity index (χ1n) is 13.7. The first kappa shape index (κ1) is 30.0. The molecule has 1 aliphatic rings. The van der Waals surface area contributed by atoms with Crippen LogP contribution in [0.2, 0.25) is 0 Å². The van der Waals surface area contributed by atoms with Crippen LogP contribution in [0.25, 0.3) is 0 Å². The molecule has 1 saturated carbocycles. The smallest absolute Gasteiger partial charge is 0.408 e. The highest BCUT2D eigenvalue weighted by atomic mass is 16.6. The Morgan fingerprint density at radius 1 is 1.05 bits per heavy atom. The summed E-state index contributed by atoms with van der Waals surface area (Å²) in [6, 6.07) is 9.77. The van der Waals surface area contributed by atoms with Crippen molar-refractivity contribution in [3.8, 4) is 0 Å². The number of aryl methyl sites for hydroxylation is 1. The van der Waals surface area contributed by atoms with Crippen LogP contribution in [0.3, 0.4) is 0 Å². The van der Waals surface area contributed by atoms with Crippen LogP contribution in [0.4, 0.5) is 9.59 Å². The molecular weight excluding hydrogens is 498 g/mol. The molecule has 0 saturated heterocycles. The number of benzene rings is 1. The predicted octanol–water partition coefficient (Wildman–Crippen LogP) is 4.57. The summed E-state index contributed by atoms with van der Waals surface area (Å²) in [5.74, 6) is 0.224. The van der Waals surface area contributed by atoms with Crippen LogP contribution in [-0.2, 0) is 27.1 Å². The number of carbonyl (C=O) groups is 3. The van der Waals surface area contributed by atoms with E-state index in [-0.39, 0.29) is 18.6 Å². The average molecular weight is 542 g/mol. The molecular formula is C29H43N5O5. The van der Waals surface area contributed by atoms with Crippen LogP contribution in [0.15, 0.2) is 36.5 Å². The Morgan fingerprint density at radius 3 is 2.44 bits per heavy atom. The lowest BCUT2D eigenvalue weighted by Crippen LogP contribution is -2.56. The molecule has 1 heterocycles. The van der Waals surface area contributed by atoms with E-state index in [0.29, 0.717) is 25.3 Å². The SMILES string of the molecule is CC(C)(C)OC(=O)NC(C)(C)C(=O)NC(CCCc1ccccc1)c1[nH]ncc1CCOC(=O)NCC1CC1. The van der Waals surface area contributed by atoms with Crippen LogP contribution >= 0.6 is 0 Å². The fourth-order valence-corrected chi connectivity index (χ4v) is 4.07. The van der Waals surface area contributed by atoms with Gasteiger partial charge in [-0.25, -0.2) is 9.59 Å². The standard InChI is InChI=1S/C29H43N5O5/c1-28(2,3)39-27(37)33-29(4,5)25(35)32-23(13-9-12-20-10-7-6-8-11-20)24-22(19-31-34-24)16-17-38-26(36)30-18-21-14-15-21/h6-8,10-11,19,21,23H,9,12-18H2,1-5H3,(H,30,36)(H,31,34)(H,32,35)(H,33,37). The number of carbonyl (C=O) groups excluding carboxylic acids is 3. The zero-order chi connectivity index (χ0) is 28.5. The molecule has 3 amide bonds. The maximum Gasteiger partial charge on any atom is 0.408 e. The number of H-pyrrole nitrogens is 1. The van der Waals surface area contributed by atoms with E-state index in [1.54, 1.807) is 40.8 Å². The van der Waals surface area contributed by atoms with Crippen LogP contribution in [0, 0.1) is 5.92 Å². The quantitative estimate of drug-likeness (QED) is 0.293. The Hall–Kier alpha value is -3.56. The molecule has 214 valence electrons. The zero-order valence-electron chi connectivity index (χ0n) is 23.8. The lowest BCUT2D eigenvalue weighted by Gasteiger charge is -2.30. The van der Waals surface area contributed by atoms with E-state index in [0.717, 1.165) is 36.9 Å². The van der Waals surface area contributed by atoms with Crippen molar-refractivity contribution in [2.24, 2.45) is 5.92 Å². The fourth-order valence-electron chi connectivity index (χ4n) is 4.07. The first-order chi connectivity index (χ1) is 18.4. The fraction of sp³-hybridized carbons (Fsp3) is 0.586. The van der Waals surface area contributed by atoms with Crippen molar-refractivity contribution >= 4 is 18.1 Å². The van der Waals surface area contributed by atoms with Gasteiger partial charge in [-0.3, -0.25) is 9.89 Å². The highest BCUT2D eigenvalue weighted by Crippen LogP contribution is 2.27. The minimum atomic E-state index is -1.22. The second kappa shape index (κ2) is 13.5. The second-order valence-electron chi connectivity index (χ2n) is 11.7.